The lowest BCUT2D eigenvalue weighted by molar-refractivity contribution is 0.261. The fourth-order valence-electron chi connectivity index (χ4n) is 3.84. The van der Waals surface area contributed by atoms with Gasteiger partial charge in [-0.1, -0.05) is 24.3 Å². The molecule has 1 N–H and O–H groups in total. The van der Waals surface area contributed by atoms with E-state index in [1.165, 1.54) is 6.42 Å². The lowest BCUT2D eigenvalue weighted by atomic mass is 10.0. The van der Waals surface area contributed by atoms with Gasteiger partial charge >= 0.3 is 0 Å². The summed E-state index contributed by atoms with van der Waals surface area (Å²) in [4.78, 5) is 2.34. The van der Waals surface area contributed by atoms with Crippen molar-refractivity contribution in [3.8, 4) is 23.1 Å². The van der Waals surface area contributed by atoms with Crippen LogP contribution in [0, 0.1) is 11.3 Å². The van der Waals surface area contributed by atoms with Gasteiger partial charge in [-0.15, -0.1) is 10.2 Å². The molecule has 0 unspecified atom stereocenters. The molecule has 0 saturated carbocycles. The highest BCUT2D eigenvalue weighted by atomic mass is 16.5. The zero-order valence-electron chi connectivity index (χ0n) is 16.1. The van der Waals surface area contributed by atoms with Crippen molar-refractivity contribution in [1.29, 1.82) is 5.26 Å². The predicted molar refractivity (Wildman–Crippen MR) is 110 cm³/mol. The second kappa shape index (κ2) is 7.83. The molecule has 6 nitrogen and oxygen atoms in total. The summed E-state index contributed by atoms with van der Waals surface area (Å²) in [6, 6.07) is 16.0. The fourth-order valence-corrected chi connectivity index (χ4v) is 3.84. The molecule has 0 amide bonds. The third-order valence-electron chi connectivity index (χ3n) is 5.24. The Morgan fingerprint density at radius 2 is 2.00 bits per heavy atom. The summed E-state index contributed by atoms with van der Waals surface area (Å²) >= 11 is 0. The number of fused-ring (bicyclic) bond motifs is 1. The first-order chi connectivity index (χ1) is 13.7. The first kappa shape index (κ1) is 18.2. The van der Waals surface area contributed by atoms with E-state index in [0.29, 0.717) is 17.4 Å². The van der Waals surface area contributed by atoms with Gasteiger partial charge in [-0.3, -0.25) is 0 Å². The topological polar surface area (TPSA) is 74.1 Å². The van der Waals surface area contributed by atoms with Crippen molar-refractivity contribution < 1.29 is 4.74 Å². The zero-order chi connectivity index (χ0) is 19.5. The van der Waals surface area contributed by atoms with Gasteiger partial charge in [0.15, 0.2) is 5.82 Å². The van der Waals surface area contributed by atoms with Crippen LogP contribution < -0.4 is 10.1 Å². The first-order valence-corrected chi connectivity index (χ1v) is 9.48. The summed E-state index contributed by atoms with van der Waals surface area (Å²) in [5.74, 6) is 1.43. The zero-order valence-corrected chi connectivity index (χ0v) is 16.1. The first-order valence-electron chi connectivity index (χ1n) is 9.48. The van der Waals surface area contributed by atoms with Gasteiger partial charge in [-0.25, -0.2) is 0 Å². The van der Waals surface area contributed by atoms with Crippen LogP contribution in [-0.4, -0.2) is 48.4 Å². The number of piperidine rings is 1. The monoisotopic (exact) mass is 373 g/mol. The normalized spacial score (nSPS) is 17.2. The lowest BCUT2D eigenvalue weighted by Crippen LogP contribution is -2.40. The maximum Gasteiger partial charge on any atom is 0.156 e. The molecule has 1 atom stereocenters. The number of rotatable bonds is 4. The van der Waals surface area contributed by atoms with Crippen molar-refractivity contribution in [3.63, 3.8) is 0 Å². The van der Waals surface area contributed by atoms with Gasteiger partial charge in [0.1, 0.15) is 11.4 Å². The van der Waals surface area contributed by atoms with Crippen molar-refractivity contribution in [3.05, 3.63) is 48.0 Å². The van der Waals surface area contributed by atoms with E-state index in [1.807, 2.05) is 18.2 Å². The van der Waals surface area contributed by atoms with E-state index in [0.717, 1.165) is 47.4 Å². The van der Waals surface area contributed by atoms with E-state index in [-0.39, 0.29) is 0 Å². The Labute approximate surface area is 164 Å². The number of hydrogen-bond donors (Lipinski definition) is 1. The second-order valence-electron chi connectivity index (χ2n) is 7.22. The Balaban J connectivity index is 1.77. The molecule has 0 aliphatic carbocycles. The van der Waals surface area contributed by atoms with E-state index >= 15 is 0 Å². The Morgan fingerprint density at radius 3 is 2.75 bits per heavy atom. The number of aromatic nitrogens is 2. The molecule has 1 aromatic heterocycles. The molecule has 0 spiro atoms. The molecule has 1 fully saturated rings. The maximum absolute atomic E-state index is 9.16. The highest BCUT2D eigenvalue weighted by Crippen LogP contribution is 2.35. The molecule has 3 aromatic rings. The quantitative estimate of drug-likeness (QED) is 0.752. The highest BCUT2D eigenvalue weighted by molar-refractivity contribution is 6.01. The third kappa shape index (κ3) is 3.49. The molecule has 0 bridgehead atoms. The van der Waals surface area contributed by atoms with Crippen molar-refractivity contribution >= 4 is 16.6 Å². The van der Waals surface area contributed by atoms with Crippen LogP contribution in [0.5, 0.6) is 5.75 Å². The third-order valence-corrected chi connectivity index (χ3v) is 5.24. The number of nitriles is 1. The van der Waals surface area contributed by atoms with Gasteiger partial charge < -0.3 is 15.0 Å². The summed E-state index contributed by atoms with van der Waals surface area (Å²) in [5.41, 5.74) is 2.13. The Bertz CT molecular complexity index is 1040. The molecule has 6 heteroatoms. The van der Waals surface area contributed by atoms with Gasteiger partial charge in [-0.05, 0) is 44.6 Å². The van der Waals surface area contributed by atoms with E-state index in [4.69, 9.17) is 10.00 Å². The van der Waals surface area contributed by atoms with Gasteiger partial charge in [0, 0.05) is 28.9 Å². The van der Waals surface area contributed by atoms with Gasteiger partial charge in [0.2, 0.25) is 0 Å². The Kier molecular flexibility index (Phi) is 5.09. The van der Waals surface area contributed by atoms with Crippen LogP contribution in [0.25, 0.3) is 22.0 Å². The molecule has 1 aliphatic heterocycles. The number of methoxy groups -OCH3 is 1. The van der Waals surface area contributed by atoms with Gasteiger partial charge in [0.25, 0.3) is 0 Å². The van der Waals surface area contributed by atoms with E-state index in [1.54, 1.807) is 19.2 Å². The highest BCUT2D eigenvalue weighted by Gasteiger charge is 2.20. The number of hydrogen-bond acceptors (Lipinski definition) is 6. The molecule has 28 heavy (non-hydrogen) atoms. The number of ether oxygens (including phenoxy) is 1. The largest absolute Gasteiger partial charge is 0.496 e. The molecule has 2 aromatic carbocycles. The van der Waals surface area contributed by atoms with Crippen molar-refractivity contribution in [2.75, 3.05) is 32.6 Å². The Morgan fingerprint density at radius 1 is 1.18 bits per heavy atom. The number of anilines is 1. The fraction of sp³-hybridized carbons (Fsp3) is 0.318. The van der Waals surface area contributed by atoms with Gasteiger partial charge in [-0.2, -0.15) is 5.26 Å². The van der Waals surface area contributed by atoms with E-state index < -0.39 is 0 Å². The molecular weight excluding hydrogens is 350 g/mol. The summed E-state index contributed by atoms with van der Waals surface area (Å²) < 4.78 is 5.51. The smallest absolute Gasteiger partial charge is 0.156 e. The van der Waals surface area contributed by atoms with Crippen molar-refractivity contribution in [2.24, 2.45) is 0 Å². The number of likely N-dealkylation sites (N-methyl/N-ethyl adjacent to an activating group) is 1. The van der Waals surface area contributed by atoms with Crippen LogP contribution in [0.2, 0.25) is 0 Å². The second-order valence-corrected chi connectivity index (χ2v) is 7.22. The van der Waals surface area contributed by atoms with Gasteiger partial charge in [0.05, 0.1) is 18.7 Å². The van der Waals surface area contributed by atoms with Crippen LogP contribution in [0.3, 0.4) is 0 Å². The average Bonchev–Trinajstić information content (AvgIpc) is 2.74. The van der Waals surface area contributed by atoms with Crippen molar-refractivity contribution in [2.45, 2.75) is 18.9 Å². The van der Waals surface area contributed by atoms with E-state index in [9.17, 15) is 0 Å². The van der Waals surface area contributed by atoms with Crippen LogP contribution in [-0.2, 0) is 0 Å². The molecular formula is C22H23N5O. The predicted octanol–water partition coefficient (Wildman–Crippen LogP) is 3.68. The summed E-state index contributed by atoms with van der Waals surface area (Å²) in [6.45, 7) is 2.14. The number of likely N-dealkylation sites (tertiary alicyclic amines) is 1. The van der Waals surface area contributed by atoms with Crippen LogP contribution in [0.4, 0.5) is 5.82 Å². The summed E-state index contributed by atoms with van der Waals surface area (Å²) in [5, 5.41) is 23.8. The SMILES string of the molecule is COc1cc(C#N)ccc1-c1nnc(N[C@@H]2CCCN(C)C2)c2ccccc12. The minimum absolute atomic E-state index is 0.367. The average molecular weight is 373 g/mol. The summed E-state index contributed by atoms with van der Waals surface area (Å²) in [7, 11) is 3.75. The van der Waals surface area contributed by atoms with E-state index in [2.05, 4.69) is 45.7 Å². The molecule has 2 heterocycles. The van der Waals surface area contributed by atoms with Crippen LogP contribution in [0.1, 0.15) is 18.4 Å². The van der Waals surface area contributed by atoms with Crippen LogP contribution in [0.15, 0.2) is 42.5 Å². The summed E-state index contributed by atoms with van der Waals surface area (Å²) in [6.07, 6.45) is 2.31. The molecule has 1 saturated heterocycles. The number of benzene rings is 2. The number of nitrogens with one attached hydrogen (secondary N) is 1. The molecule has 0 radical (unpaired) electrons. The minimum atomic E-state index is 0.367. The standard InChI is InChI=1S/C22H23N5O/c1-27-11-5-6-16(14-27)24-22-18-8-4-3-7-17(18)21(25-26-22)19-10-9-15(13-23)12-20(19)28-2/h3-4,7-10,12,16H,5-6,11,14H2,1-2H3,(H,24,26)/t16-/m1/s1. The molecule has 142 valence electrons. The Hall–Kier alpha value is -3.17. The minimum Gasteiger partial charge on any atom is -0.496 e. The molecule has 1 aliphatic rings. The lowest BCUT2D eigenvalue weighted by Gasteiger charge is -2.30. The van der Waals surface area contributed by atoms with Crippen LogP contribution >= 0.6 is 0 Å². The maximum atomic E-state index is 9.16. The number of nitrogens with zero attached hydrogens (tertiary/aromatic N) is 4. The molecule has 4 rings (SSSR count). The van der Waals surface area contributed by atoms with Crippen molar-refractivity contribution in [1.82, 2.24) is 15.1 Å².